The molecule has 0 atom stereocenters. The first-order chi connectivity index (χ1) is 14.0. The summed E-state index contributed by atoms with van der Waals surface area (Å²) in [6.07, 6.45) is 3.12. The van der Waals surface area contributed by atoms with Gasteiger partial charge in [-0.1, -0.05) is 23.7 Å². The molecule has 148 valence electrons. The molecule has 0 bridgehead atoms. The van der Waals surface area contributed by atoms with Crippen molar-refractivity contribution in [3.05, 3.63) is 63.3 Å². The van der Waals surface area contributed by atoms with Crippen molar-refractivity contribution in [3.8, 4) is 17.1 Å². The molecule has 2 saturated carbocycles. The monoisotopic (exact) mass is 410 g/mol. The van der Waals surface area contributed by atoms with Crippen molar-refractivity contribution in [2.75, 3.05) is 0 Å². The molecule has 2 aromatic carbocycles. The molecule has 1 aromatic heterocycles. The van der Waals surface area contributed by atoms with E-state index >= 15 is 0 Å². The average molecular weight is 411 g/mol. The topological polar surface area (TPSA) is 76.7 Å². The Bertz CT molecular complexity index is 1170. The highest BCUT2D eigenvalue weighted by molar-refractivity contribution is 6.34. The highest BCUT2D eigenvalue weighted by Gasteiger charge is 2.37. The number of halogens is 1. The number of carboxylic acid groups (broad SMARTS) is 1. The van der Waals surface area contributed by atoms with Crippen molar-refractivity contribution in [1.29, 1.82) is 0 Å². The fourth-order valence-electron chi connectivity index (χ4n) is 3.83. The van der Waals surface area contributed by atoms with Crippen LogP contribution in [0.5, 0.6) is 5.75 Å². The Morgan fingerprint density at radius 1 is 1.14 bits per heavy atom. The van der Waals surface area contributed by atoms with Gasteiger partial charge < -0.3 is 14.3 Å². The summed E-state index contributed by atoms with van der Waals surface area (Å²) in [4.78, 5) is 23.7. The van der Waals surface area contributed by atoms with E-state index < -0.39 is 5.97 Å². The summed E-state index contributed by atoms with van der Waals surface area (Å²) >= 11 is 6.25. The molecule has 1 N–H and O–H groups in total. The number of hydrogen-bond acceptors (Lipinski definition) is 4. The predicted molar refractivity (Wildman–Crippen MR) is 110 cm³/mol. The van der Waals surface area contributed by atoms with Crippen LogP contribution in [0.1, 0.15) is 37.2 Å². The Balaban J connectivity index is 1.56. The first-order valence-electron chi connectivity index (χ1n) is 9.76. The fraction of sp³-hybridized carbons (Fsp3) is 0.304. The van der Waals surface area contributed by atoms with Gasteiger partial charge in [-0.3, -0.25) is 9.59 Å². The molecule has 2 aliphatic rings. The quantitative estimate of drug-likeness (QED) is 0.623. The van der Waals surface area contributed by atoms with Gasteiger partial charge in [-0.15, -0.1) is 0 Å². The van der Waals surface area contributed by atoms with Crippen molar-refractivity contribution in [2.24, 2.45) is 5.92 Å². The first kappa shape index (κ1) is 18.3. The smallest absolute Gasteiger partial charge is 0.306 e. The predicted octanol–water partition coefficient (Wildman–Crippen LogP) is 5.23. The van der Waals surface area contributed by atoms with E-state index in [1.807, 2.05) is 18.2 Å². The molecule has 0 aliphatic heterocycles. The SMILES string of the molecule is O=c1cc(-c2ccc(C3CC3)cc2O[C@H]2C[C@H](C(=O)O)C2)oc2c(Cl)cccc12. The van der Waals surface area contributed by atoms with Gasteiger partial charge in [0.05, 0.1) is 21.9 Å². The number of para-hydroxylation sites is 1. The van der Waals surface area contributed by atoms with Gasteiger partial charge in [0.25, 0.3) is 0 Å². The van der Waals surface area contributed by atoms with Crippen molar-refractivity contribution >= 4 is 28.5 Å². The van der Waals surface area contributed by atoms with E-state index in [1.165, 1.54) is 11.6 Å². The maximum Gasteiger partial charge on any atom is 0.306 e. The lowest BCUT2D eigenvalue weighted by Crippen LogP contribution is -2.38. The summed E-state index contributed by atoms with van der Waals surface area (Å²) in [5.41, 5.74) is 2.05. The Hall–Kier alpha value is -2.79. The standard InChI is InChI=1S/C23H19ClO5/c24-18-3-1-2-16-19(25)11-21(29-22(16)18)17-7-6-13(12-4-5-12)10-20(17)28-15-8-14(9-15)23(26)27/h1-3,6-7,10-12,14-15H,4-5,8-9H2,(H,26,27)/t14-,15-. The minimum absolute atomic E-state index is 0.153. The Labute approximate surface area is 171 Å². The molecule has 3 aromatic rings. The normalized spacial score (nSPS) is 21.0. The number of ether oxygens (including phenoxy) is 1. The number of rotatable bonds is 5. The second-order valence-corrected chi connectivity index (χ2v) is 8.27. The number of hydrogen-bond donors (Lipinski definition) is 1. The molecule has 0 radical (unpaired) electrons. The second kappa shape index (κ2) is 6.92. The fourth-order valence-corrected chi connectivity index (χ4v) is 4.04. The summed E-state index contributed by atoms with van der Waals surface area (Å²) in [5.74, 6) is 0.414. The molecule has 0 spiro atoms. The first-order valence-corrected chi connectivity index (χ1v) is 10.1. The molecular weight excluding hydrogens is 392 g/mol. The number of benzene rings is 2. The lowest BCUT2D eigenvalue weighted by Gasteiger charge is -2.33. The third-order valence-electron chi connectivity index (χ3n) is 5.76. The largest absolute Gasteiger partial charge is 0.490 e. The van der Waals surface area contributed by atoms with Gasteiger partial charge in [-0.2, -0.15) is 0 Å². The number of fused-ring (bicyclic) bond motifs is 1. The van der Waals surface area contributed by atoms with E-state index in [-0.39, 0.29) is 17.5 Å². The molecule has 5 nitrogen and oxygen atoms in total. The van der Waals surface area contributed by atoms with Crippen LogP contribution in [0.3, 0.4) is 0 Å². The molecule has 1 heterocycles. The third-order valence-corrected chi connectivity index (χ3v) is 6.06. The molecule has 6 heteroatoms. The van der Waals surface area contributed by atoms with Crippen molar-refractivity contribution < 1.29 is 19.1 Å². The van der Waals surface area contributed by atoms with E-state index in [4.69, 9.17) is 25.9 Å². The van der Waals surface area contributed by atoms with Crippen LogP contribution in [0.15, 0.2) is 51.7 Å². The zero-order valence-electron chi connectivity index (χ0n) is 15.6. The van der Waals surface area contributed by atoms with Crippen LogP contribution in [-0.4, -0.2) is 17.2 Å². The van der Waals surface area contributed by atoms with Crippen molar-refractivity contribution in [3.63, 3.8) is 0 Å². The van der Waals surface area contributed by atoms with Crippen LogP contribution in [0.25, 0.3) is 22.3 Å². The molecular formula is C23H19ClO5. The summed E-state index contributed by atoms with van der Waals surface area (Å²) in [5, 5.41) is 9.92. The zero-order chi connectivity index (χ0) is 20.1. The molecule has 2 fully saturated rings. The van der Waals surface area contributed by atoms with Gasteiger partial charge in [0.1, 0.15) is 17.6 Å². The van der Waals surface area contributed by atoms with Crippen LogP contribution >= 0.6 is 11.6 Å². The molecule has 0 amide bonds. The number of carboxylic acids is 1. The minimum Gasteiger partial charge on any atom is -0.490 e. The maximum atomic E-state index is 12.6. The number of aliphatic carboxylic acids is 1. The van der Waals surface area contributed by atoms with Gasteiger partial charge in [-0.05, 0) is 61.4 Å². The van der Waals surface area contributed by atoms with E-state index in [0.29, 0.717) is 51.8 Å². The van der Waals surface area contributed by atoms with Crippen LogP contribution in [0.2, 0.25) is 5.02 Å². The van der Waals surface area contributed by atoms with E-state index in [2.05, 4.69) is 0 Å². The highest BCUT2D eigenvalue weighted by Crippen LogP contribution is 2.44. The van der Waals surface area contributed by atoms with Gasteiger partial charge in [-0.25, -0.2) is 0 Å². The van der Waals surface area contributed by atoms with Crippen molar-refractivity contribution in [2.45, 2.75) is 37.7 Å². The van der Waals surface area contributed by atoms with Crippen LogP contribution < -0.4 is 10.2 Å². The molecule has 29 heavy (non-hydrogen) atoms. The highest BCUT2D eigenvalue weighted by atomic mass is 35.5. The molecule has 0 unspecified atom stereocenters. The van der Waals surface area contributed by atoms with E-state index in [9.17, 15) is 9.59 Å². The lowest BCUT2D eigenvalue weighted by atomic mass is 9.82. The Morgan fingerprint density at radius 3 is 2.66 bits per heavy atom. The summed E-state index contributed by atoms with van der Waals surface area (Å²) in [7, 11) is 0. The summed E-state index contributed by atoms with van der Waals surface area (Å²) < 4.78 is 12.2. The van der Waals surface area contributed by atoms with E-state index in [0.717, 1.165) is 12.8 Å². The van der Waals surface area contributed by atoms with Crippen LogP contribution in [0, 0.1) is 5.92 Å². The van der Waals surface area contributed by atoms with Gasteiger partial charge in [0.2, 0.25) is 0 Å². The zero-order valence-corrected chi connectivity index (χ0v) is 16.3. The lowest BCUT2D eigenvalue weighted by molar-refractivity contribution is -0.147. The van der Waals surface area contributed by atoms with Gasteiger partial charge >= 0.3 is 5.97 Å². The Morgan fingerprint density at radius 2 is 1.93 bits per heavy atom. The number of carbonyl (C=O) groups is 1. The second-order valence-electron chi connectivity index (χ2n) is 7.87. The molecule has 0 saturated heterocycles. The summed E-state index contributed by atoms with van der Waals surface area (Å²) in [6.45, 7) is 0. The maximum absolute atomic E-state index is 12.6. The molecule has 2 aliphatic carbocycles. The molecule has 5 rings (SSSR count). The van der Waals surface area contributed by atoms with Crippen LogP contribution in [-0.2, 0) is 4.79 Å². The third kappa shape index (κ3) is 3.40. The van der Waals surface area contributed by atoms with Gasteiger partial charge in [0, 0.05) is 6.07 Å². The van der Waals surface area contributed by atoms with Gasteiger partial charge in [0.15, 0.2) is 11.0 Å². The van der Waals surface area contributed by atoms with E-state index in [1.54, 1.807) is 18.2 Å². The minimum atomic E-state index is -0.785. The summed E-state index contributed by atoms with van der Waals surface area (Å²) in [6, 6.07) is 12.5. The van der Waals surface area contributed by atoms with Crippen LogP contribution in [0.4, 0.5) is 0 Å². The Kier molecular flexibility index (Phi) is 4.36. The van der Waals surface area contributed by atoms with Crippen molar-refractivity contribution in [1.82, 2.24) is 0 Å². The average Bonchev–Trinajstić information content (AvgIpc) is 3.50.